The van der Waals surface area contributed by atoms with Crippen LogP contribution in [0.1, 0.15) is 18.9 Å². The van der Waals surface area contributed by atoms with Gasteiger partial charge in [0, 0.05) is 18.6 Å². The molecule has 5 heteroatoms. The van der Waals surface area contributed by atoms with Gasteiger partial charge in [0.1, 0.15) is 5.82 Å². The van der Waals surface area contributed by atoms with Gasteiger partial charge in [0.05, 0.1) is 6.54 Å². The van der Waals surface area contributed by atoms with Gasteiger partial charge < -0.3 is 16.0 Å². The topological polar surface area (TPSA) is 53.2 Å². The zero-order valence-electron chi connectivity index (χ0n) is 11.8. The number of carbonyl (C=O) groups excluding carboxylic acids is 1. The molecule has 1 aromatic rings. The fourth-order valence-electron chi connectivity index (χ4n) is 2.32. The van der Waals surface area contributed by atoms with E-state index < -0.39 is 0 Å². The molecule has 0 radical (unpaired) electrons. The summed E-state index contributed by atoms with van der Waals surface area (Å²) in [7, 11) is 0. The summed E-state index contributed by atoms with van der Waals surface area (Å²) >= 11 is 0. The molecule has 3 N–H and O–H groups in total. The van der Waals surface area contributed by atoms with Crippen molar-refractivity contribution in [3.63, 3.8) is 0 Å². The van der Waals surface area contributed by atoms with Gasteiger partial charge in [0.25, 0.3) is 0 Å². The number of halogens is 1. The monoisotopic (exact) mass is 279 g/mol. The molecule has 1 heterocycles. The first-order valence-corrected chi connectivity index (χ1v) is 7.04. The van der Waals surface area contributed by atoms with Gasteiger partial charge in [-0.2, -0.15) is 0 Å². The zero-order chi connectivity index (χ0) is 14.4. The van der Waals surface area contributed by atoms with Crippen LogP contribution in [0, 0.1) is 5.82 Å². The second-order valence-corrected chi connectivity index (χ2v) is 5.57. The fraction of sp³-hybridized carbons (Fsp3) is 0.533. The van der Waals surface area contributed by atoms with Crippen molar-refractivity contribution < 1.29 is 9.18 Å². The molecule has 1 saturated heterocycles. The Morgan fingerprint density at radius 3 is 2.80 bits per heavy atom. The number of benzene rings is 1. The van der Waals surface area contributed by atoms with Gasteiger partial charge in [-0.1, -0.05) is 12.1 Å². The molecule has 2 rings (SSSR count). The molecule has 110 valence electrons. The largest absolute Gasteiger partial charge is 0.355 e. The van der Waals surface area contributed by atoms with E-state index in [1.54, 1.807) is 12.1 Å². The standard InChI is InChI=1S/C15H22FN3O/c1-15(7-9-17-11-15)19-10-14(20)18-8-6-12-2-4-13(16)5-3-12/h2-5,17,19H,6-11H2,1H3,(H,18,20). The fourth-order valence-corrected chi connectivity index (χ4v) is 2.32. The maximum atomic E-state index is 12.7. The summed E-state index contributed by atoms with van der Waals surface area (Å²) in [6.07, 6.45) is 1.75. The predicted molar refractivity (Wildman–Crippen MR) is 77.0 cm³/mol. The van der Waals surface area contributed by atoms with Gasteiger partial charge in [-0.05, 0) is 44.0 Å². The van der Waals surface area contributed by atoms with E-state index in [1.807, 2.05) is 0 Å². The molecule has 1 unspecified atom stereocenters. The van der Waals surface area contributed by atoms with Gasteiger partial charge >= 0.3 is 0 Å². The van der Waals surface area contributed by atoms with Gasteiger partial charge in [0.15, 0.2) is 0 Å². The first-order chi connectivity index (χ1) is 9.57. The summed E-state index contributed by atoms with van der Waals surface area (Å²) in [4.78, 5) is 11.7. The highest BCUT2D eigenvalue weighted by molar-refractivity contribution is 5.78. The third kappa shape index (κ3) is 4.58. The number of hydrogen-bond donors (Lipinski definition) is 3. The smallest absolute Gasteiger partial charge is 0.233 e. The molecule has 1 aliphatic rings. The maximum absolute atomic E-state index is 12.7. The average molecular weight is 279 g/mol. The van der Waals surface area contributed by atoms with Crippen LogP contribution in [-0.2, 0) is 11.2 Å². The summed E-state index contributed by atoms with van der Waals surface area (Å²) in [5.74, 6) is -0.236. The summed E-state index contributed by atoms with van der Waals surface area (Å²) in [6.45, 7) is 4.92. The number of amides is 1. The van der Waals surface area contributed by atoms with Crippen molar-refractivity contribution >= 4 is 5.91 Å². The van der Waals surface area contributed by atoms with E-state index in [9.17, 15) is 9.18 Å². The molecule has 0 spiro atoms. The zero-order valence-corrected chi connectivity index (χ0v) is 11.8. The number of nitrogens with one attached hydrogen (secondary N) is 3. The number of carbonyl (C=O) groups is 1. The van der Waals surface area contributed by atoms with Gasteiger partial charge in [-0.15, -0.1) is 0 Å². The first kappa shape index (κ1) is 14.9. The minimum atomic E-state index is -0.236. The Morgan fingerprint density at radius 2 is 2.15 bits per heavy atom. The highest BCUT2D eigenvalue weighted by atomic mass is 19.1. The molecular formula is C15H22FN3O. The lowest BCUT2D eigenvalue weighted by molar-refractivity contribution is -0.120. The Bertz CT molecular complexity index is 441. The van der Waals surface area contributed by atoms with Crippen LogP contribution in [0.25, 0.3) is 0 Å². The van der Waals surface area contributed by atoms with Crippen molar-refractivity contribution in [1.29, 1.82) is 0 Å². The molecule has 0 saturated carbocycles. The molecule has 1 aromatic carbocycles. The van der Waals surface area contributed by atoms with E-state index in [1.165, 1.54) is 12.1 Å². The van der Waals surface area contributed by atoms with Crippen LogP contribution in [0.15, 0.2) is 24.3 Å². The van der Waals surface area contributed by atoms with E-state index in [0.29, 0.717) is 19.5 Å². The Morgan fingerprint density at radius 1 is 1.40 bits per heavy atom. The van der Waals surface area contributed by atoms with Crippen LogP contribution < -0.4 is 16.0 Å². The first-order valence-electron chi connectivity index (χ1n) is 7.04. The third-order valence-corrected chi connectivity index (χ3v) is 3.69. The summed E-state index contributed by atoms with van der Waals surface area (Å²) in [5, 5.41) is 9.44. The average Bonchev–Trinajstić information content (AvgIpc) is 2.86. The Balaban J connectivity index is 1.64. The lowest BCUT2D eigenvalue weighted by atomic mass is 10.0. The second-order valence-electron chi connectivity index (χ2n) is 5.57. The Hall–Kier alpha value is -1.46. The van der Waals surface area contributed by atoms with Gasteiger partial charge in [-0.25, -0.2) is 4.39 Å². The minimum absolute atomic E-state index is 0.000219. The minimum Gasteiger partial charge on any atom is -0.355 e. The van der Waals surface area contributed by atoms with Crippen LogP contribution in [0.4, 0.5) is 4.39 Å². The highest BCUT2D eigenvalue weighted by Gasteiger charge is 2.27. The van der Waals surface area contributed by atoms with Crippen molar-refractivity contribution in [2.45, 2.75) is 25.3 Å². The molecule has 1 atom stereocenters. The molecule has 1 amide bonds. The molecule has 0 aromatic heterocycles. The van der Waals surface area contributed by atoms with Crippen molar-refractivity contribution in [1.82, 2.24) is 16.0 Å². The lowest BCUT2D eigenvalue weighted by Crippen LogP contribution is -2.48. The number of hydrogen-bond acceptors (Lipinski definition) is 3. The Kier molecular flexibility index (Phi) is 5.09. The second kappa shape index (κ2) is 6.81. The van der Waals surface area contributed by atoms with Crippen molar-refractivity contribution in [3.05, 3.63) is 35.6 Å². The molecule has 1 aliphatic heterocycles. The van der Waals surface area contributed by atoms with E-state index in [2.05, 4.69) is 22.9 Å². The van der Waals surface area contributed by atoms with Crippen molar-refractivity contribution in [3.8, 4) is 0 Å². The molecule has 20 heavy (non-hydrogen) atoms. The van der Waals surface area contributed by atoms with Gasteiger partial charge in [-0.3, -0.25) is 4.79 Å². The predicted octanol–water partition coefficient (Wildman–Crippen LogP) is 0.826. The van der Waals surface area contributed by atoms with Crippen LogP contribution in [0.3, 0.4) is 0 Å². The van der Waals surface area contributed by atoms with E-state index in [4.69, 9.17) is 0 Å². The normalized spacial score (nSPS) is 21.9. The summed E-state index contributed by atoms with van der Waals surface area (Å²) in [6, 6.07) is 6.36. The van der Waals surface area contributed by atoms with Crippen LogP contribution in [0.2, 0.25) is 0 Å². The molecule has 0 aliphatic carbocycles. The highest BCUT2D eigenvalue weighted by Crippen LogP contribution is 2.12. The quantitative estimate of drug-likeness (QED) is 0.723. The van der Waals surface area contributed by atoms with Crippen molar-refractivity contribution in [2.75, 3.05) is 26.2 Å². The molecular weight excluding hydrogens is 257 g/mol. The molecule has 0 bridgehead atoms. The summed E-state index contributed by atoms with van der Waals surface area (Å²) < 4.78 is 12.7. The van der Waals surface area contributed by atoms with E-state index in [-0.39, 0.29) is 17.3 Å². The molecule has 1 fully saturated rings. The third-order valence-electron chi connectivity index (χ3n) is 3.69. The molecule has 4 nitrogen and oxygen atoms in total. The van der Waals surface area contributed by atoms with E-state index in [0.717, 1.165) is 25.1 Å². The SMILES string of the molecule is CC1(NCC(=O)NCCc2ccc(F)cc2)CCNC1. The van der Waals surface area contributed by atoms with Gasteiger partial charge in [0.2, 0.25) is 5.91 Å². The lowest BCUT2D eigenvalue weighted by Gasteiger charge is -2.24. The summed E-state index contributed by atoms with van der Waals surface area (Å²) in [5.41, 5.74) is 1.04. The van der Waals surface area contributed by atoms with Crippen LogP contribution in [-0.4, -0.2) is 37.6 Å². The van der Waals surface area contributed by atoms with E-state index >= 15 is 0 Å². The Labute approximate surface area is 119 Å². The number of rotatable bonds is 6. The van der Waals surface area contributed by atoms with Crippen LogP contribution >= 0.6 is 0 Å². The van der Waals surface area contributed by atoms with Crippen molar-refractivity contribution in [2.24, 2.45) is 0 Å². The maximum Gasteiger partial charge on any atom is 0.233 e. The van der Waals surface area contributed by atoms with Crippen LogP contribution in [0.5, 0.6) is 0 Å².